The second-order valence-electron chi connectivity index (χ2n) is 4.87. The van der Waals surface area contributed by atoms with Crippen LogP contribution in [0.5, 0.6) is 0 Å². The smallest absolute Gasteiger partial charge is 0.349 e. The standard InChI is InChI=1S/C18H18N2O3/c1-14-8-9-17(20(14)16-6-4-3-5-7-16)12-15(13-19)18(21)23-11-10-22-2/h3-9,12H,10-11H2,1-2H3/b15-12+. The lowest BCUT2D eigenvalue weighted by atomic mass is 10.2. The van der Waals surface area contributed by atoms with E-state index in [0.29, 0.717) is 6.61 Å². The number of rotatable bonds is 6. The van der Waals surface area contributed by atoms with E-state index in [9.17, 15) is 10.1 Å². The second-order valence-corrected chi connectivity index (χ2v) is 4.87. The summed E-state index contributed by atoms with van der Waals surface area (Å²) in [5.41, 5.74) is 2.67. The van der Waals surface area contributed by atoms with E-state index in [2.05, 4.69) is 0 Å². The Morgan fingerprint density at radius 3 is 2.61 bits per heavy atom. The normalized spacial score (nSPS) is 11.1. The third-order valence-corrected chi connectivity index (χ3v) is 3.27. The van der Waals surface area contributed by atoms with Gasteiger partial charge in [0.15, 0.2) is 0 Å². The zero-order chi connectivity index (χ0) is 16.7. The van der Waals surface area contributed by atoms with Crippen molar-refractivity contribution in [2.75, 3.05) is 20.3 Å². The fourth-order valence-corrected chi connectivity index (χ4v) is 2.18. The summed E-state index contributed by atoms with van der Waals surface area (Å²) in [6, 6.07) is 15.4. The molecule has 118 valence electrons. The molecular formula is C18H18N2O3. The van der Waals surface area contributed by atoms with E-state index in [0.717, 1.165) is 17.1 Å². The number of aryl methyl sites for hydroxylation is 1. The van der Waals surface area contributed by atoms with E-state index in [1.165, 1.54) is 13.2 Å². The molecule has 0 N–H and O–H groups in total. The van der Waals surface area contributed by atoms with Crippen molar-refractivity contribution in [1.29, 1.82) is 5.26 Å². The molecule has 1 heterocycles. The number of nitriles is 1. The Labute approximate surface area is 135 Å². The molecule has 0 radical (unpaired) electrons. The summed E-state index contributed by atoms with van der Waals surface area (Å²) < 4.78 is 11.8. The summed E-state index contributed by atoms with van der Waals surface area (Å²) >= 11 is 0. The SMILES string of the molecule is COCCOC(=O)/C(C#N)=C/c1ccc(C)n1-c1ccccc1. The van der Waals surface area contributed by atoms with Gasteiger partial charge in [-0.05, 0) is 37.3 Å². The van der Waals surface area contributed by atoms with E-state index >= 15 is 0 Å². The first kappa shape index (κ1) is 16.5. The minimum atomic E-state index is -0.650. The number of esters is 1. The van der Waals surface area contributed by atoms with E-state index in [1.807, 2.05) is 60.0 Å². The molecule has 0 aliphatic heterocycles. The first-order chi connectivity index (χ1) is 11.2. The Hall–Kier alpha value is -2.84. The fraction of sp³-hybridized carbons (Fsp3) is 0.222. The highest BCUT2D eigenvalue weighted by Crippen LogP contribution is 2.19. The molecule has 2 rings (SSSR count). The van der Waals surface area contributed by atoms with Gasteiger partial charge in [-0.25, -0.2) is 4.79 Å². The molecular weight excluding hydrogens is 292 g/mol. The number of benzene rings is 1. The van der Waals surface area contributed by atoms with Gasteiger partial charge in [0.25, 0.3) is 0 Å². The maximum absolute atomic E-state index is 11.9. The Morgan fingerprint density at radius 2 is 1.96 bits per heavy atom. The van der Waals surface area contributed by atoms with Gasteiger partial charge >= 0.3 is 5.97 Å². The molecule has 5 heteroatoms. The van der Waals surface area contributed by atoms with E-state index in [4.69, 9.17) is 9.47 Å². The topological polar surface area (TPSA) is 64.2 Å². The lowest BCUT2D eigenvalue weighted by Gasteiger charge is -2.10. The molecule has 0 aliphatic rings. The molecule has 0 aliphatic carbocycles. The summed E-state index contributed by atoms with van der Waals surface area (Å²) in [5, 5.41) is 9.22. The molecule has 0 fully saturated rings. The Morgan fingerprint density at radius 1 is 1.22 bits per heavy atom. The van der Waals surface area contributed by atoms with Crippen LogP contribution in [0, 0.1) is 18.3 Å². The van der Waals surface area contributed by atoms with Gasteiger partial charge in [0, 0.05) is 24.2 Å². The molecule has 2 aromatic rings. The monoisotopic (exact) mass is 310 g/mol. The Bertz CT molecular complexity index is 739. The molecule has 1 aromatic heterocycles. The number of carbonyl (C=O) groups excluding carboxylic acids is 1. The third kappa shape index (κ3) is 4.09. The molecule has 0 amide bonds. The molecule has 5 nitrogen and oxygen atoms in total. The van der Waals surface area contributed by atoms with Crippen molar-refractivity contribution < 1.29 is 14.3 Å². The maximum atomic E-state index is 11.9. The van der Waals surface area contributed by atoms with Crippen LogP contribution in [0.2, 0.25) is 0 Å². The Kier molecular flexibility index (Phi) is 5.73. The van der Waals surface area contributed by atoms with Crippen molar-refractivity contribution in [3.05, 3.63) is 59.4 Å². The molecule has 0 saturated heterocycles. The summed E-state index contributed by atoms with van der Waals surface area (Å²) in [4.78, 5) is 11.9. The number of hydrogen-bond donors (Lipinski definition) is 0. The fourth-order valence-electron chi connectivity index (χ4n) is 2.18. The highest BCUT2D eigenvalue weighted by atomic mass is 16.6. The average Bonchev–Trinajstić information content (AvgIpc) is 2.94. The van der Waals surface area contributed by atoms with Crippen LogP contribution in [0.25, 0.3) is 11.8 Å². The lowest BCUT2D eigenvalue weighted by Crippen LogP contribution is -2.11. The van der Waals surface area contributed by atoms with Crippen LogP contribution in [0.3, 0.4) is 0 Å². The van der Waals surface area contributed by atoms with Crippen LogP contribution in [0.1, 0.15) is 11.4 Å². The summed E-state index contributed by atoms with van der Waals surface area (Å²) in [5.74, 6) is -0.650. The molecule has 23 heavy (non-hydrogen) atoms. The summed E-state index contributed by atoms with van der Waals surface area (Å²) in [6.45, 7) is 2.38. The highest BCUT2D eigenvalue weighted by molar-refractivity contribution is 5.97. The van der Waals surface area contributed by atoms with Gasteiger partial charge in [0.05, 0.1) is 6.61 Å². The van der Waals surface area contributed by atoms with Crippen molar-refractivity contribution in [2.45, 2.75) is 6.92 Å². The van der Waals surface area contributed by atoms with Crippen molar-refractivity contribution >= 4 is 12.0 Å². The largest absolute Gasteiger partial charge is 0.459 e. The highest BCUT2D eigenvalue weighted by Gasteiger charge is 2.13. The van der Waals surface area contributed by atoms with Crippen LogP contribution in [-0.2, 0) is 14.3 Å². The average molecular weight is 310 g/mol. The van der Waals surface area contributed by atoms with Gasteiger partial charge in [0.1, 0.15) is 18.2 Å². The predicted molar refractivity (Wildman–Crippen MR) is 86.9 cm³/mol. The van der Waals surface area contributed by atoms with Gasteiger partial charge in [-0.3, -0.25) is 0 Å². The first-order valence-electron chi connectivity index (χ1n) is 7.19. The molecule has 0 bridgehead atoms. The molecule has 0 spiro atoms. The van der Waals surface area contributed by atoms with Crippen molar-refractivity contribution in [1.82, 2.24) is 4.57 Å². The van der Waals surface area contributed by atoms with E-state index in [1.54, 1.807) is 0 Å². The van der Waals surface area contributed by atoms with Crippen molar-refractivity contribution in [3.8, 4) is 11.8 Å². The Balaban J connectivity index is 2.31. The number of hydrogen-bond acceptors (Lipinski definition) is 4. The van der Waals surface area contributed by atoms with Gasteiger partial charge < -0.3 is 14.0 Å². The quantitative estimate of drug-likeness (QED) is 0.356. The number of nitrogens with zero attached hydrogens (tertiary/aromatic N) is 2. The van der Waals surface area contributed by atoms with Gasteiger partial charge in [-0.2, -0.15) is 5.26 Å². The number of methoxy groups -OCH3 is 1. The van der Waals surface area contributed by atoms with Crippen LogP contribution in [0.15, 0.2) is 48.0 Å². The molecule has 0 saturated carbocycles. The van der Waals surface area contributed by atoms with Crippen LogP contribution >= 0.6 is 0 Å². The first-order valence-corrected chi connectivity index (χ1v) is 7.19. The van der Waals surface area contributed by atoms with E-state index in [-0.39, 0.29) is 12.2 Å². The summed E-state index contributed by atoms with van der Waals surface area (Å²) in [7, 11) is 1.52. The second kappa shape index (κ2) is 7.97. The number of carbonyl (C=O) groups is 1. The summed E-state index contributed by atoms with van der Waals surface area (Å²) in [6.07, 6.45) is 1.54. The van der Waals surface area contributed by atoms with Crippen molar-refractivity contribution in [3.63, 3.8) is 0 Å². The molecule has 0 unspecified atom stereocenters. The lowest BCUT2D eigenvalue weighted by molar-refractivity contribution is -0.139. The number of ether oxygens (including phenoxy) is 2. The van der Waals surface area contributed by atoms with Gasteiger partial charge in [-0.15, -0.1) is 0 Å². The zero-order valence-corrected chi connectivity index (χ0v) is 13.2. The predicted octanol–water partition coefficient (Wildman–Crippen LogP) is 2.88. The zero-order valence-electron chi connectivity index (χ0n) is 13.2. The minimum absolute atomic E-state index is 0.0450. The van der Waals surface area contributed by atoms with Crippen LogP contribution in [-0.4, -0.2) is 30.9 Å². The van der Waals surface area contributed by atoms with Gasteiger partial charge in [-0.1, -0.05) is 18.2 Å². The molecule has 0 atom stereocenters. The van der Waals surface area contributed by atoms with E-state index < -0.39 is 5.97 Å². The third-order valence-electron chi connectivity index (χ3n) is 3.27. The number of para-hydroxylation sites is 1. The van der Waals surface area contributed by atoms with Gasteiger partial charge in [0.2, 0.25) is 0 Å². The van der Waals surface area contributed by atoms with Crippen LogP contribution < -0.4 is 0 Å². The van der Waals surface area contributed by atoms with Crippen LogP contribution in [0.4, 0.5) is 0 Å². The maximum Gasteiger partial charge on any atom is 0.349 e. The minimum Gasteiger partial charge on any atom is -0.459 e. The number of aromatic nitrogens is 1. The van der Waals surface area contributed by atoms with Crippen molar-refractivity contribution in [2.24, 2.45) is 0 Å². The molecule has 1 aromatic carbocycles.